The van der Waals surface area contributed by atoms with Crippen molar-refractivity contribution in [2.24, 2.45) is 0 Å². The maximum atomic E-state index is 12.4. The first-order chi connectivity index (χ1) is 10.2. The summed E-state index contributed by atoms with van der Waals surface area (Å²) in [4.78, 5) is 12.4. The predicted octanol–water partition coefficient (Wildman–Crippen LogP) is 4.14. The highest BCUT2D eigenvalue weighted by Gasteiger charge is 2.14. The van der Waals surface area contributed by atoms with Gasteiger partial charge in [0.2, 0.25) is 0 Å². The Hall–Kier alpha value is -2.13. The Balaban J connectivity index is 1.94. The minimum Gasteiger partial charge on any atom is -0.294 e. The van der Waals surface area contributed by atoms with Gasteiger partial charge >= 0.3 is 0 Å². The van der Waals surface area contributed by atoms with Crippen LogP contribution in [0.15, 0.2) is 48.5 Å². The highest BCUT2D eigenvalue weighted by Crippen LogP contribution is 2.20. The number of para-hydroxylation sites is 1. The normalized spacial score (nSPS) is 11.0. The molecule has 3 nitrogen and oxygen atoms in total. The summed E-state index contributed by atoms with van der Waals surface area (Å²) in [6, 6.07) is 15.0. The van der Waals surface area contributed by atoms with Crippen molar-refractivity contribution in [2.75, 3.05) is 0 Å². The Labute approximate surface area is 128 Å². The monoisotopic (exact) mass is 298 g/mol. The molecule has 0 aliphatic heterocycles. The predicted molar refractivity (Wildman–Crippen MR) is 84.9 cm³/mol. The molecule has 1 aromatic heterocycles. The molecule has 106 valence electrons. The topological polar surface area (TPSA) is 34.9 Å². The molecule has 0 unspecified atom stereocenters. The van der Waals surface area contributed by atoms with Crippen molar-refractivity contribution in [1.82, 2.24) is 9.78 Å². The summed E-state index contributed by atoms with van der Waals surface area (Å²) in [6.45, 7) is 2.83. The summed E-state index contributed by atoms with van der Waals surface area (Å²) in [6.07, 6.45) is 0.301. The van der Waals surface area contributed by atoms with Crippen LogP contribution in [-0.4, -0.2) is 15.6 Å². The Morgan fingerprint density at radius 3 is 2.57 bits per heavy atom. The molecule has 0 radical (unpaired) electrons. The van der Waals surface area contributed by atoms with E-state index in [1.54, 1.807) is 24.3 Å². The molecule has 3 aromatic rings. The van der Waals surface area contributed by atoms with Gasteiger partial charge in [-0.15, -0.1) is 0 Å². The second-order valence-electron chi connectivity index (χ2n) is 4.89. The summed E-state index contributed by atoms with van der Waals surface area (Å²) in [7, 11) is 0. The molecule has 21 heavy (non-hydrogen) atoms. The quantitative estimate of drug-likeness (QED) is 0.679. The highest BCUT2D eigenvalue weighted by atomic mass is 35.5. The summed E-state index contributed by atoms with van der Waals surface area (Å²) >= 11 is 5.85. The molecule has 3 rings (SSSR count). The van der Waals surface area contributed by atoms with E-state index in [-0.39, 0.29) is 5.78 Å². The van der Waals surface area contributed by atoms with Crippen molar-refractivity contribution < 1.29 is 4.79 Å². The third-order valence-corrected chi connectivity index (χ3v) is 3.78. The molecule has 0 amide bonds. The Morgan fingerprint density at radius 1 is 1.14 bits per heavy atom. The van der Waals surface area contributed by atoms with E-state index in [0.717, 1.165) is 23.1 Å². The van der Waals surface area contributed by atoms with E-state index < -0.39 is 0 Å². The molecule has 0 aliphatic carbocycles. The smallest absolute Gasteiger partial charge is 0.168 e. The average molecular weight is 299 g/mol. The summed E-state index contributed by atoms with van der Waals surface area (Å²) in [5.74, 6) is 0.0539. The minimum atomic E-state index is 0.0539. The molecule has 4 heteroatoms. The highest BCUT2D eigenvalue weighted by molar-refractivity contribution is 6.30. The van der Waals surface area contributed by atoms with Gasteiger partial charge in [0.25, 0.3) is 0 Å². The third-order valence-electron chi connectivity index (χ3n) is 3.53. The van der Waals surface area contributed by atoms with E-state index in [1.807, 2.05) is 35.9 Å². The Kier molecular flexibility index (Phi) is 3.76. The van der Waals surface area contributed by atoms with Gasteiger partial charge in [-0.05, 0) is 37.3 Å². The van der Waals surface area contributed by atoms with E-state index in [4.69, 9.17) is 11.6 Å². The van der Waals surface area contributed by atoms with Crippen LogP contribution in [0.4, 0.5) is 0 Å². The van der Waals surface area contributed by atoms with Gasteiger partial charge in [0, 0.05) is 22.5 Å². The van der Waals surface area contributed by atoms with Crippen molar-refractivity contribution >= 4 is 28.3 Å². The molecule has 1 heterocycles. The number of carbonyl (C=O) groups is 1. The SMILES string of the molecule is CCn1nc(CC(=O)c2ccc(Cl)cc2)c2ccccc21. The van der Waals surface area contributed by atoms with Gasteiger partial charge in [0.05, 0.1) is 17.6 Å². The number of nitrogens with zero attached hydrogens (tertiary/aromatic N) is 2. The number of rotatable bonds is 4. The van der Waals surface area contributed by atoms with Gasteiger partial charge in [-0.25, -0.2) is 0 Å². The maximum absolute atomic E-state index is 12.4. The van der Waals surface area contributed by atoms with E-state index in [1.165, 1.54) is 0 Å². The molecular formula is C17H15ClN2O. The van der Waals surface area contributed by atoms with E-state index in [0.29, 0.717) is 17.0 Å². The second kappa shape index (κ2) is 5.70. The van der Waals surface area contributed by atoms with Crippen LogP contribution in [0.3, 0.4) is 0 Å². The molecular weight excluding hydrogens is 284 g/mol. The van der Waals surface area contributed by atoms with Crippen LogP contribution >= 0.6 is 11.6 Å². The fraction of sp³-hybridized carbons (Fsp3) is 0.176. The first kappa shape index (κ1) is 13.8. The molecule has 0 N–H and O–H groups in total. The number of fused-ring (bicyclic) bond motifs is 1. The van der Waals surface area contributed by atoms with Gasteiger partial charge in [0.1, 0.15) is 0 Å². The van der Waals surface area contributed by atoms with Crippen LogP contribution in [0.2, 0.25) is 5.02 Å². The first-order valence-corrected chi connectivity index (χ1v) is 7.30. The lowest BCUT2D eigenvalue weighted by molar-refractivity contribution is 0.0992. The number of Topliss-reactive ketones (excluding diaryl/α,β-unsaturated/α-hetero) is 1. The molecule has 0 bridgehead atoms. The molecule has 2 aromatic carbocycles. The number of ketones is 1. The summed E-state index contributed by atoms with van der Waals surface area (Å²) in [5.41, 5.74) is 2.56. The zero-order valence-electron chi connectivity index (χ0n) is 11.7. The number of carbonyl (C=O) groups excluding carboxylic acids is 1. The lowest BCUT2D eigenvalue weighted by Crippen LogP contribution is -2.05. The molecule has 0 saturated heterocycles. The van der Waals surface area contributed by atoms with Crippen molar-refractivity contribution in [3.05, 3.63) is 64.8 Å². The maximum Gasteiger partial charge on any atom is 0.168 e. The standard InChI is InChI=1S/C17H15ClN2O/c1-2-20-16-6-4-3-5-14(16)15(19-20)11-17(21)12-7-9-13(18)10-8-12/h3-10H,2,11H2,1H3. The number of aromatic nitrogens is 2. The van der Waals surface area contributed by atoms with Crippen molar-refractivity contribution in [2.45, 2.75) is 19.9 Å². The minimum absolute atomic E-state index is 0.0539. The van der Waals surface area contributed by atoms with Gasteiger partial charge in [-0.1, -0.05) is 29.8 Å². The lowest BCUT2D eigenvalue weighted by atomic mass is 10.0. The van der Waals surface area contributed by atoms with Crippen molar-refractivity contribution in [3.8, 4) is 0 Å². The van der Waals surface area contributed by atoms with Crippen LogP contribution in [0, 0.1) is 0 Å². The number of benzene rings is 2. The van der Waals surface area contributed by atoms with Gasteiger partial charge in [0.15, 0.2) is 5.78 Å². The Morgan fingerprint density at radius 2 is 1.86 bits per heavy atom. The van der Waals surface area contributed by atoms with Crippen LogP contribution in [0.5, 0.6) is 0 Å². The van der Waals surface area contributed by atoms with Gasteiger partial charge in [-0.2, -0.15) is 5.10 Å². The second-order valence-corrected chi connectivity index (χ2v) is 5.32. The molecule has 0 aliphatic rings. The van der Waals surface area contributed by atoms with Crippen molar-refractivity contribution in [3.63, 3.8) is 0 Å². The molecule has 0 fully saturated rings. The average Bonchev–Trinajstić information content (AvgIpc) is 2.86. The van der Waals surface area contributed by atoms with E-state index in [9.17, 15) is 4.79 Å². The number of hydrogen-bond donors (Lipinski definition) is 0. The molecule has 0 atom stereocenters. The third kappa shape index (κ3) is 2.69. The van der Waals surface area contributed by atoms with Gasteiger partial charge < -0.3 is 0 Å². The molecule has 0 saturated carbocycles. The zero-order valence-corrected chi connectivity index (χ0v) is 12.5. The van der Waals surface area contributed by atoms with Crippen LogP contribution in [0.1, 0.15) is 23.0 Å². The lowest BCUT2D eigenvalue weighted by Gasteiger charge is -2.00. The number of hydrogen-bond acceptors (Lipinski definition) is 2. The first-order valence-electron chi connectivity index (χ1n) is 6.92. The van der Waals surface area contributed by atoms with Gasteiger partial charge in [-0.3, -0.25) is 9.48 Å². The summed E-state index contributed by atoms with van der Waals surface area (Å²) in [5, 5.41) is 6.24. The van der Waals surface area contributed by atoms with E-state index in [2.05, 4.69) is 5.10 Å². The molecule has 0 spiro atoms. The Bertz CT molecular complexity index is 790. The fourth-order valence-corrected chi connectivity index (χ4v) is 2.58. The number of halogens is 1. The zero-order chi connectivity index (χ0) is 14.8. The van der Waals surface area contributed by atoms with E-state index >= 15 is 0 Å². The fourth-order valence-electron chi connectivity index (χ4n) is 2.46. The number of aryl methyl sites for hydroxylation is 1. The largest absolute Gasteiger partial charge is 0.294 e. The van der Waals surface area contributed by atoms with Crippen LogP contribution < -0.4 is 0 Å². The van der Waals surface area contributed by atoms with Crippen molar-refractivity contribution in [1.29, 1.82) is 0 Å². The summed E-state index contributed by atoms with van der Waals surface area (Å²) < 4.78 is 1.93. The van der Waals surface area contributed by atoms with Crippen LogP contribution in [0.25, 0.3) is 10.9 Å². The van der Waals surface area contributed by atoms with Crippen LogP contribution in [-0.2, 0) is 13.0 Å².